The van der Waals surface area contributed by atoms with Crippen LogP contribution in [-0.4, -0.2) is 13.9 Å². The highest BCUT2D eigenvalue weighted by Crippen LogP contribution is 2.19. The summed E-state index contributed by atoms with van der Waals surface area (Å²) in [4.78, 5) is 0. The largest absolute Gasteiger partial charge is 0.467 e. The van der Waals surface area contributed by atoms with Crippen molar-refractivity contribution in [2.45, 2.75) is 6.92 Å². The van der Waals surface area contributed by atoms with E-state index in [1.165, 1.54) is 0 Å². The van der Waals surface area contributed by atoms with Crippen LogP contribution >= 0.6 is 0 Å². The molecule has 0 aliphatic rings. The molecule has 0 unspecified atom stereocenters. The zero-order valence-electron chi connectivity index (χ0n) is 7.33. The molecule has 3 heteroatoms. The Bertz CT molecular complexity index is 261. The van der Waals surface area contributed by atoms with Crippen molar-refractivity contribution in [3.8, 4) is 5.75 Å². The number of nitrogen functional groups attached to an aromatic ring is 1. The average molecular weight is 167 g/mol. The van der Waals surface area contributed by atoms with E-state index >= 15 is 0 Å². The molecule has 2 N–H and O–H groups in total. The first-order chi connectivity index (χ1) is 5.74. The Labute approximate surface area is 72.1 Å². The molecule has 0 radical (unpaired) electrons. The minimum absolute atomic E-state index is 0.269. The Morgan fingerprint density at radius 3 is 2.75 bits per heavy atom. The third-order valence-electron chi connectivity index (χ3n) is 1.53. The first-order valence-electron chi connectivity index (χ1n) is 3.72. The van der Waals surface area contributed by atoms with Crippen LogP contribution in [0.2, 0.25) is 0 Å². The van der Waals surface area contributed by atoms with Crippen molar-refractivity contribution < 1.29 is 9.47 Å². The maximum Gasteiger partial charge on any atom is 0.188 e. The second kappa shape index (κ2) is 3.97. The second-order valence-electron chi connectivity index (χ2n) is 2.58. The average Bonchev–Trinajstić information content (AvgIpc) is 2.03. The van der Waals surface area contributed by atoms with Gasteiger partial charge in [-0.3, -0.25) is 0 Å². The van der Waals surface area contributed by atoms with Crippen LogP contribution in [0.25, 0.3) is 0 Å². The Kier molecular flexibility index (Phi) is 2.94. The summed E-state index contributed by atoms with van der Waals surface area (Å²) < 4.78 is 10.0. The van der Waals surface area contributed by atoms with Crippen molar-refractivity contribution in [2.24, 2.45) is 0 Å². The zero-order chi connectivity index (χ0) is 8.97. The highest BCUT2D eigenvalue weighted by molar-refractivity contribution is 5.47. The summed E-state index contributed by atoms with van der Waals surface area (Å²) in [5, 5.41) is 0. The summed E-state index contributed by atoms with van der Waals surface area (Å²) in [6.07, 6.45) is 0. The van der Waals surface area contributed by atoms with Crippen LogP contribution < -0.4 is 10.5 Å². The molecule has 0 spiro atoms. The molecule has 0 bridgehead atoms. The summed E-state index contributed by atoms with van der Waals surface area (Å²) >= 11 is 0. The van der Waals surface area contributed by atoms with Gasteiger partial charge in [-0.2, -0.15) is 0 Å². The number of benzene rings is 1. The molecule has 1 rings (SSSR count). The molecule has 12 heavy (non-hydrogen) atoms. The molecule has 1 aromatic carbocycles. The molecular formula is C9H13NO2. The van der Waals surface area contributed by atoms with Gasteiger partial charge in [0, 0.05) is 12.8 Å². The Morgan fingerprint density at radius 2 is 2.17 bits per heavy atom. The molecule has 0 aromatic heterocycles. The fraction of sp³-hybridized carbons (Fsp3) is 0.333. The van der Waals surface area contributed by atoms with E-state index in [9.17, 15) is 0 Å². The van der Waals surface area contributed by atoms with Gasteiger partial charge < -0.3 is 15.2 Å². The maximum absolute atomic E-state index is 5.57. The number of anilines is 1. The van der Waals surface area contributed by atoms with Crippen LogP contribution in [0.15, 0.2) is 18.2 Å². The predicted octanol–water partition coefficient (Wildman–Crippen LogP) is 1.56. The molecule has 0 atom stereocenters. The van der Waals surface area contributed by atoms with Gasteiger partial charge in [-0.05, 0) is 30.7 Å². The lowest BCUT2D eigenvalue weighted by molar-refractivity contribution is 0.0506. The third kappa shape index (κ3) is 2.13. The molecule has 0 saturated heterocycles. The van der Waals surface area contributed by atoms with Crippen LogP contribution in [0, 0.1) is 6.92 Å². The standard InChI is InChI=1S/C9H13NO2/c1-7-5-8(10)3-4-9(7)12-6-11-2/h3-5H,6,10H2,1-2H3. The van der Waals surface area contributed by atoms with Crippen molar-refractivity contribution in [3.63, 3.8) is 0 Å². The Hall–Kier alpha value is -1.22. The molecule has 3 nitrogen and oxygen atoms in total. The van der Waals surface area contributed by atoms with Gasteiger partial charge in [0.05, 0.1) is 0 Å². The normalized spacial score (nSPS) is 9.83. The van der Waals surface area contributed by atoms with Crippen molar-refractivity contribution >= 4 is 5.69 Å². The second-order valence-corrected chi connectivity index (χ2v) is 2.58. The van der Waals surface area contributed by atoms with E-state index in [0.29, 0.717) is 0 Å². The van der Waals surface area contributed by atoms with Gasteiger partial charge in [-0.1, -0.05) is 0 Å². The highest BCUT2D eigenvalue weighted by atomic mass is 16.7. The van der Waals surface area contributed by atoms with E-state index in [1.54, 1.807) is 13.2 Å². The summed E-state index contributed by atoms with van der Waals surface area (Å²) in [7, 11) is 1.59. The van der Waals surface area contributed by atoms with E-state index in [0.717, 1.165) is 17.0 Å². The monoisotopic (exact) mass is 167 g/mol. The van der Waals surface area contributed by atoms with Gasteiger partial charge in [-0.25, -0.2) is 0 Å². The number of hydrogen-bond acceptors (Lipinski definition) is 3. The fourth-order valence-electron chi connectivity index (χ4n) is 0.957. The van der Waals surface area contributed by atoms with Gasteiger partial charge in [0.2, 0.25) is 0 Å². The summed E-state index contributed by atoms with van der Waals surface area (Å²) in [6, 6.07) is 5.51. The molecule has 0 amide bonds. The van der Waals surface area contributed by atoms with E-state index in [4.69, 9.17) is 15.2 Å². The molecule has 0 aliphatic heterocycles. The highest BCUT2D eigenvalue weighted by Gasteiger charge is 1.97. The van der Waals surface area contributed by atoms with Gasteiger partial charge >= 0.3 is 0 Å². The van der Waals surface area contributed by atoms with E-state index < -0.39 is 0 Å². The number of methoxy groups -OCH3 is 1. The predicted molar refractivity (Wildman–Crippen MR) is 48.1 cm³/mol. The number of nitrogens with two attached hydrogens (primary N) is 1. The SMILES string of the molecule is COCOc1ccc(N)cc1C. The van der Waals surface area contributed by atoms with E-state index in [-0.39, 0.29) is 6.79 Å². The molecule has 0 fully saturated rings. The third-order valence-corrected chi connectivity index (χ3v) is 1.53. The van der Waals surface area contributed by atoms with Crippen molar-refractivity contribution in [2.75, 3.05) is 19.6 Å². The molecular weight excluding hydrogens is 154 g/mol. The number of ether oxygens (including phenoxy) is 2. The van der Waals surface area contributed by atoms with Gasteiger partial charge in [0.25, 0.3) is 0 Å². The number of hydrogen-bond donors (Lipinski definition) is 1. The van der Waals surface area contributed by atoms with Crippen LogP contribution in [0.4, 0.5) is 5.69 Å². The van der Waals surface area contributed by atoms with Crippen molar-refractivity contribution in [3.05, 3.63) is 23.8 Å². The topological polar surface area (TPSA) is 44.5 Å². The fourth-order valence-corrected chi connectivity index (χ4v) is 0.957. The maximum atomic E-state index is 5.57. The lowest BCUT2D eigenvalue weighted by Crippen LogP contribution is -2.00. The van der Waals surface area contributed by atoms with E-state index in [1.807, 2.05) is 19.1 Å². The van der Waals surface area contributed by atoms with Gasteiger partial charge in [-0.15, -0.1) is 0 Å². The van der Waals surface area contributed by atoms with Crippen molar-refractivity contribution in [1.82, 2.24) is 0 Å². The molecule has 0 heterocycles. The minimum atomic E-state index is 0.269. The van der Waals surface area contributed by atoms with Crippen LogP contribution in [-0.2, 0) is 4.74 Å². The quantitative estimate of drug-likeness (QED) is 0.549. The molecule has 0 saturated carbocycles. The van der Waals surface area contributed by atoms with Crippen LogP contribution in [0.3, 0.4) is 0 Å². The first kappa shape index (κ1) is 8.87. The lowest BCUT2D eigenvalue weighted by Gasteiger charge is -2.07. The van der Waals surface area contributed by atoms with E-state index in [2.05, 4.69) is 0 Å². The molecule has 1 aromatic rings. The van der Waals surface area contributed by atoms with Crippen molar-refractivity contribution in [1.29, 1.82) is 0 Å². The Morgan fingerprint density at radius 1 is 1.42 bits per heavy atom. The molecule has 66 valence electrons. The van der Waals surface area contributed by atoms with Gasteiger partial charge in [0.1, 0.15) is 5.75 Å². The smallest absolute Gasteiger partial charge is 0.188 e. The van der Waals surface area contributed by atoms with Crippen LogP contribution in [0.5, 0.6) is 5.75 Å². The number of rotatable bonds is 3. The van der Waals surface area contributed by atoms with Gasteiger partial charge in [0.15, 0.2) is 6.79 Å². The summed E-state index contributed by atoms with van der Waals surface area (Å²) in [5.74, 6) is 0.811. The summed E-state index contributed by atoms with van der Waals surface area (Å²) in [6.45, 7) is 2.21. The number of aryl methyl sites for hydroxylation is 1. The zero-order valence-corrected chi connectivity index (χ0v) is 7.33. The Balaban J connectivity index is 2.72. The van der Waals surface area contributed by atoms with Crippen LogP contribution in [0.1, 0.15) is 5.56 Å². The summed E-state index contributed by atoms with van der Waals surface area (Å²) in [5.41, 5.74) is 7.34. The minimum Gasteiger partial charge on any atom is -0.467 e. The lowest BCUT2D eigenvalue weighted by atomic mass is 10.2. The first-order valence-corrected chi connectivity index (χ1v) is 3.72. The molecule has 0 aliphatic carbocycles.